The fraction of sp³-hybridized carbons (Fsp3) is 0.462. The number of phenols is 1. The Hall–Kier alpha value is -1.30. The van der Waals surface area contributed by atoms with Crippen molar-refractivity contribution in [1.82, 2.24) is 10.2 Å². The molecule has 1 fully saturated rings. The summed E-state index contributed by atoms with van der Waals surface area (Å²) in [5.41, 5.74) is 0.595. The summed E-state index contributed by atoms with van der Waals surface area (Å²) < 4.78 is 0. The van der Waals surface area contributed by atoms with E-state index in [9.17, 15) is 15.0 Å². The Morgan fingerprint density at radius 1 is 1.37 bits per heavy atom. The molecule has 1 atom stereocenters. The first-order valence-electron chi connectivity index (χ1n) is 6.25. The van der Waals surface area contributed by atoms with Gasteiger partial charge in [-0.1, -0.05) is 17.7 Å². The van der Waals surface area contributed by atoms with Gasteiger partial charge in [-0.05, 0) is 30.7 Å². The van der Waals surface area contributed by atoms with Gasteiger partial charge in [-0.15, -0.1) is 0 Å². The summed E-state index contributed by atoms with van der Waals surface area (Å²) in [5, 5.41) is 22.3. The highest BCUT2D eigenvalue weighted by Crippen LogP contribution is 2.29. The number of nitrogens with one attached hydrogen (secondary N) is 1. The van der Waals surface area contributed by atoms with Crippen LogP contribution in [0.15, 0.2) is 18.2 Å². The fourth-order valence-electron chi connectivity index (χ4n) is 2.33. The van der Waals surface area contributed by atoms with Gasteiger partial charge in [0.25, 0.3) is 0 Å². The van der Waals surface area contributed by atoms with E-state index in [-0.39, 0.29) is 10.8 Å². The summed E-state index contributed by atoms with van der Waals surface area (Å²) in [6.45, 7) is 3.08. The highest BCUT2D eigenvalue weighted by atomic mass is 35.5. The number of benzene rings is 1. The minimum absolute atomic E-state index is 0.0351. The number of nitrogens with zero attached hydrogens (tertiary/aromatic N) is 1. The van der Waals surface area contributed by atoms with Gasteiger partial charge < -0.3 is 15.5 Å². The lowest BCUT2D eigenvalue weighted by atomic mass is 10.0. The largest absolute Gasteiger partial charge is 0.506 e. The van der Waals surface area contributed by atoms with Crippen LogP contribution in [0.1, 0.15) is 18.0 Å². The smallest absolute Gasteiger partial charge is 0.325 e. The maximum Gasteiger partial charge on any atom is 0.325 e. The monoisotopic (exact) mass is 284 g/mol. The molecule has 0 radical (unpaired) electrons. The molecule has 1 aromatic carbocycles. The van der Waals surface area contributed by atoms with Gasteiger partial charge in [-0.25, -0.2) is 0 Å². The Kier molecular flexibility index (Phi) is 4.63. The molecule has 104 valence electrons. The van der Waals surface area contributed by atoms with Crippen LogP contribution in [-0.2, 0) is 4.79 Å². The summed E-state index contributed by atoms with van der Waals surface area (Å²) in [4.78, 5) is 13.5. The summed E-state index contributed by atoms with van der Waals surface area (Å²) in [5.74, 6) is -0.934. The van der Waals surface area contributed by atoms with Gasteiger partial charge in [0.1, 0.15) is 11.8 Å². The maximum absolute atomic E-state index is 11.5. The van der Waals surface area contributed by atoms with Gasteiger partial charge in [0.15, 0.2) is 0 Å². The molecule has 2 rings (SSSR count). The van der Waals surface area contributed by atoms with Crippen LogP contribution in [0.5, 0.6) is 5.75 Å². The van der Waals surface area contributed by atoms with Crippen molar-refractivity contribution in [2.45, 2.75) is 12.5 Å². The highest BCUT2D eigenvalue weighted by molar-refractivity contribution is 6.32. The van der Waals surface area contributed by atoms with Crippen LogP contribution in [0.2, 0.25) is 5.02 Å². The van der Waals surface area contributed by atoms with Crippen LogP contribution >= 0.6 is 11.6 Å². The van der Waals surface area contributed by atoms with Crippen LogP contribution in [-0.4, -0.2) is 47.3 Å². The SMILES string of the molecule is O=C(O)C(c1ccc(O)c(Cl)c1)N1CCCNCC1. The minimum atomic E-state index is -0.899. The predicted molar refractivity (Wildman–Crippen MR) is 72.6 cm³/mol. The van der Waals surface area contributed by atoms with Gasteiger partial charge in [-0.2, -0.15) is 0 Å². The number of hydrogen-bond donors (Lipinski definition) is 3. The molecule has 1 aliphatic rings. The lowest BCUT2D eigenvalue weighted by Crippen LogP contribution is -2.36. The fourth-order valence-corrected chi connectivity index (χ4v) is 2.52. The summed E-state index contributed by atoms with van der Waals surface area (Å²) in [6.07, 6.45) is 0.912. The number of phenolic OH excluding ortho intramolecular Hbond substituents is 1. The Balaban J connectivity index is 2.27. The van der Waals surface area contributed by atoms with Gasteiger partial charge in [0, 0.05) is 19.6 Å². The second-order valence-electron chi connectivity index (χ2n) is 4.59. The molecule has 0 aliphatic carbocycles. The van der Waals surface area contributed by atoms with Crippen LogP contribution in [0, 0.1) is 0 Å². The molecule has 0 saturated carbocycles. The summed E-state index contributed by atoms with van der Waals surface area (Å²) in [7, 11) is 0. The third-order valence-electron chi connectivity index (χ3n) is 3.26. The van der Waals surface area contributed by atoms with Crippen molar-refractivity contribution in [2.24, 2.45) is 0 Å². The Morgan fingerprint density at radius 3 is 2.84 bits per heavy atom. The molecule has 6 heteroatoms. The molecule has 0 aromatic heterocycles. The van der Waals surface area contributed by atoms with E-state index in [2.05, 4.69) is 5.32 Å². The molecule has 0 amide bonds. The highest BCUT2D eigenvalue weighted by Gasteiger charge is 2.28. The van der Waals surface area contributed by atoms with Gasteiger partial charge in [-0.3, -0.25) is 9.69 Å². The number of carbonyl (C=O) groups is 1. The van der Waals surface area contributed by atoms with Crippen LogP contribution in [0.3, 0.4) is 0 Å². The standard InChI is InChI=1S/C13H17ClN2O3/c14-10-8-9(2-3-11(10)17)12(13(18)19)16-6-1-4-15-5-7-16/h2-3,8,12,15,17H,1,4-7H2,(H,18,19). The van der Waals surface area contributed by atoms with Crippen molar-refractivity contribution in [3.05, 3.63) is 28.8 Å². The van der Waals surface area contributed by atoms with E-state index in [0.29, 0.717) is 12.1 Å². The number of aromatic hydroxyl groups is 1. The first-order valence-corrected chi connectivity index (χ1v) is 6.63. The van der Waals surface area contributed by atoms with Crippen molar-refractivity contribution >= 4 is 17.6 Å². The molecular formula is C13H17ClN2O3. The third-order valence-corrected chi connectivity index (χ3v) is 3.56. The van der Waals surface area contributed by atoms with E-state index < -0.39 is 12.0 Å². The second kappa shape index (κ2) is 6.23. The van der Waals surface area contributed by atoms with E-state index >= 15 is 0 Å². The number of carboxylic acid groups (broad SMARTS) is 1. The molecule has 3 N–H and O–H groups in total. The number of halogens is 1. The quantitative estimate of drug-likeness (QED) is 0.784. The molecule has 1 aromatic rings. The van der Waals surface area contributed by atoms with Gasteiger partial charge in [0.05, 0.1) is 5.02 Å². The van der Waals surface area contributed by atoms with E-state index in [0.717, 1.165) is 26.1 Å². The third kappa shape index (κ3) is 3.37. The molecule has 0 bridgehead atoms. The minimum Gasteiger partial charge on any atom is -0.506 e. The van der Waals surface area contributed by atoms with E-state index in [4.69, 9.17) is 11.6 Å². The second-order valence-corrected chi connectivity index (χ2v) is 5.00. The van der Waals surface area contributed by atoms with Crippen LogP contribution in [0.25, 0.3) is 0 Å². The normalized spacial score (nSPS) is 18.8. The van der Waals surface area contributed by atoms with Crippen molar-refractivity contribution < 1.29 is 15.0 Å². The molecule has 5 nitrogen and oxygen atoms in total. The van der Waals surface area contributed by atoms with Gasteiger partial charge >= 0.3 is 5.97 Å². The molecule has 1 saturated heterocycles. The maximum atomic E-state index is 11.5. The number of hydrogen-bond acceptors (Lipinski definition) is 4. The molecule has 0 spiro atoms. The van der Waals surface area contributed by atoms with Crippen molar-refractivity contribution in [3.8, 4) is 5.75 Å². The van der Waals surface area contributed by atoms with Crippen molar-refractivity contribution in [3.63, 3.8) is 0 Å². The number of aliphatic carboxylic acids is 1. The molecule has 19 heavy (non-hydrogen) atoms. The Bertz CT molecular complexity index is 459. The van der Waals surface area contributed by atoms with E-state index in [1.54, 1.807) is 6.07 Å². The average molecular weight is 285 g/mol. The summed E-state index contributed by atoms with van der Waals surface area (Å²) >= 11 is 5.86. The van der Waals surface area contributed by atoms with Gasteiger partial charge in [0.2, 0.25) is 0 Å². The lowest BCUT2D eigenvalue weighted by molar-refractivity contribution is -0.143. The Labute approximate surface area is 116 Å². The zero-order chi connectivity index (χ0) is 13.8. The van der Waals surface area contributed by atoms with E-state index in [1.165, 1.54) is 12.1 Å². The zero-order valence-corrected chi connectivity index (χ0v) is 11.2. The average Bonchev–Trinajstić information content (AvgIpc) is 2.62. The molecular weight excluding hydrogens is 268 g/mol. The lowest BCUT2D eigenvalue weighted by Gasteiger charge is -2.27. The number of carboxylic acids is 1. The molecule has 1 aliphatic heterocycles. The first-order chi connectivity index (χ1) is 9.09. The molecule has 1 unspecified atom stereocenters. The van der Waals surface area contributed by atoms with Crippen molar-refractivity contribution in [1.29, 1.82) is 0 Å². The van der Waals surface area contributed by atoms with Crippen LogP contribution < -0.4 is 5.32 Å². The van der Waals surface area contributed by atoms with Crippen LogP contribution in [0.4, 0.5) is 0 Å². The summed E-state index contributed by atoms with van der Waals surface area (Å²) in [6, 6.07) is 3.84. The Morgan fingerprint density at radius 2 is 2.16 bits per heavy atom. The zero-order valence-electron chi connectivity index (χ0n) is 10.5. The topological polar surface area (TPSA) is 72.8 Å². The molecule has 1 heterocycles. The first kappa shape index (κ1) is 14.1. The number of rotatable bonds is 3. The predicted octanol–water partition coefficient (Wildman–Crippen LogP) is 1.47. The van der Waals surface area contributed by atoms with E-state index in [1.807, 2.05) is 4.90 Å². The van der Waals surface area contributed by atoms with Crippen molar-refractivity contribution in [2.75, 3.05) is 26.2 Å².